The fraction of sp³-hybridized carbons (Fsp3) is 0.538. The van der Waals surface area contributed by atoms with Crippen LogP contribution in [0, 0.1) is 12.8 Å². The van der Waals surface area contributed by atoms with Crippen molar-refractivity contribution in [3.63, 3.8) is 0 Å². The van der Waals surface area contributed by atoms with Gasteiger partial charge in [-0.1, -0.05) is 0 Å². The first kappa shape index (κ1) is 13.0. The molecule has 0 aliphatic heterocycles. The summed E-state index contributed by atoms with van der Waals surface area (Å²) in [6, 6.07) is 0. The first-order valence-corrected chi connectivity index (χ1v) is 6.79. The number of aliphatic hydroxyl groups is 1. The number of hydrogen-bond donors (Lipinski definition) is 3. The fourth-order valence-electron chi connectivity index (χ4n) is 2.77. The Morgan fingerprint density at radius 3 is 2.90 bits per heavy atom. The quantitative estimate of drug-likeness (QED) is 0.765. The molecule has 106 valence electrons. The fourth-order valence-corrected chi connectivity index (χ4v) is 2.77. The highest BCUT2D eigenvalue weighted by Gasteiger charge is 2.35. The van der Waals surface area contributed by atoms with Gasteiger partial charge in [0, 0.05) is 30.8 Å². The van der Waals surface area contributed by atoms with Gasteiger partial charge in [0.25, 0.3) is 0 Å². The summed E-state index contributed by atoms with van der Waals surface area (Å²) in [7, 11) is 0. The van der Waals surface area contributed by atoms with E-state index in [1.54, 1.807) is 12.4 Å². The molecule has 7 heteroatoms. The van der Waals surface area contributed by atoms with E-state index in [2.05, 4.69) is 30.5 Å². The molecule has 0 spiro atoms. The van der Waals surface area contributed by atoms with Crippen molar-refractivity contribution in [1.29, 1.82) is 0 Å². The van der Waals surface area contributed by atoms with Crippen molar-refractivity contribution >= 4 is 5.82 Å². The lowest BCUT2D eigenvalue weighted by Crippen LogP contribution is -2.22. The van der Waals surface area contributed by atoms with Gasteiger partial charge in [0.15, 0.2) is 0 Å². The van der Waals surface area contributed by atoms with Gasteiger partial charge < -0.3 is 10.4 Å². The van der Waals surface area contributed by atoms with E-state index in [0.29, 0.717) is 6.54 Å². The Labute approximate surface area is 116 Å². The molecule has 3 rings (SSSR count). The Morgan fingerprint density at radius 2 is 2.15 bits per heavy atom. The molecular formula is C13H18N6O. The predicted molar refractivity (Wildman–Crippen MR) is 73.1 cm³/mol. The van der Waals surface area contributed by atoms with Crippen molar-refractivity contribution in [1.82, 2.24) is 25.1 Å². The molecule has 2 aromatic rings. The number of aryl methyl sites for hydroxylation is 1. The summed E-state index contributed by atoms with van der Waals surface area (Å²) in [6.45, 7) is 2.60. The molecule has 1 aliphatic rings. The van der Waals surface area contributed by atoms with E-state index in [0.717, 1.165) is 30.2 Å². The molecule has 1 fully saturated rings. The largest absolute Gasteiger partial charge is 0.393 e. The van der Waals surface area contributed by atoms with Crippen LogP contribution in [0.25, 0.3) is 0 Å². The summed E-state index contributed by atoms with van der Waals surface area (Å²) < 4.78 is 0. The van der Waals surface area contributed by atoms with E-state index in [1.165, 1.54) is 6.33 Å². The average Bonchev–Trinajstić information content (AvgIpc) is 3.07. The molecule has 0 saturated heterocycles. The van der Waals surface area contributed by atoms with Crippen molar-refractivity contribution in [2.24, 2.45) is 5.92 Å². The number of aromatic nitrogens is 5. The highest BCUT2D eigenvalue weighted by atomic mass is 16.3. The molecule has 0 aromatic carbocycles. The molecule has 7 nitrogen and oxygen atoms in total. The van der Waals surface area contributed by atoms with E-state index in [9.17, 15) is 5.11 Å². The Balaban J connectivity index is 1.60. The van der Waals surface area contributed by atoms with E-state index in [1.807, 2.05) is 6.92 Å². The highest BCUT2D eigenvalue weighted by Crippen LogP contribution is 2.36. The summed E-state index contributed by atoms with van der Waals surface area (Å²) in [5.74, 6) is 2.08. The number of rotatable bonds is 4. The van der Waals surface area contributed by atoms with Gasteiger partial charge in [-0.15, -0.1) is 0 Å². The lowest BCUT2D eigenvalue weighted by molar-refractivity contribution is 0.137. The molecule has 1 saturated carbocycles. The van der Waals surface area contributed by atoms with Crippen molar-refractivity contribution in [2.45, 2.75) is 31.8 Å². The van der Waals surface area contributed by atoms with Crippen LogP contribution in [-0.4, -0.2) is 42.9 Å². The lowest BCUT2D eigenvalue weighted by Gasteiger charge is -2.15. The van der Waals surface area contributed by atoms with Gasteiger partial charge in [-0.3, -0.25) is 10.1 Å². The number of anilines is 1. The zero-order chi connectivity index (χ0) is 13.9. The Morgan fingerprint density at radius 1 is 1.30 bits per heavy atom. The molecule has 20 heavy (non-hydrogen) atoms. The number of aromatic amines is 1. The molecule has 0 radical (unpaired) electrons. The number of nitrogens with one attached hydrogen (secondary N) is 2. The van der Waals surface area contributed by atoms with Crippen molar-refractivity contribution < 1.29 is 5.11 Å². The number of nitrogens with zero attached hydrogens (tertiary/aromatic N) is 4. The van der Waals surface area contributed by atoms with Crippen molar-refractivity contribution in [3.05, 3.63) is 30.2 Å². The summed E-state index contributed by atoms with van der Waals surface area (Å²) in [6.07, 6.45) is 6.14. The minimum Gasteiger partial charge on any atom is -0.393 e. The number of H-pyrrole nitrogens is 1. The molecule has 3 N–H and O–H groups in total. The van der Waals surface area contributed by atoms with E-state index < -0.39 is 0 Å². The Hall–Kier alpha value is -2.02. The van der Waals surface area contributed by atoms with Crippen LogP contribution in [-0.2, 0) is 0 Å². The smallest absolute Gasteiger partial charge is 0.147 e. The van der Waals surface area contributed by atoms with Gasteiger partial charge >= 0.3 is 0 Å². The highest BCUT2D eigenvalue weighted by molar-refractivity contribution is 5.38. The SMILES string of the molecule is Cc1nccnc1NC[C@@H]1C[C@@H](c2ncn[nH]2)C[C@@H]1O. The minimum atomic E-state index is -0.324. The second kappa shape index (κ2) is 5.54. The van der Waals surface area contributed by atoms with E-state index >= 15 is 0 Å². The second-order valence-corrected chi connectivity index (χ2v) is 5.24. The van der Waals surface area contributed by atoms with Crippen LogP contribution < -0.4 is 5.32 Å². The maximum atomic E-state index is 10.2. The summed E-state index contributed by atoms with van der Waals surface area (Å²) >= 11 is 0. The summed E-state index contributed by atoms with van der Waals surface area (Å²) in [5, 5.41) is 20.2. The van der Waals surface area contributed by atoms with Crippen LogP contribution >= 0.6 is 0 Å². The molecule has 0 unspecified atom stereocenters. The monoisotopic (exact) mass is 274 g/mol. The first-order valence-electron chi connectivity index (χ1n) is 6.79. The molecule has 0 bridgehead atoms. The van der Waals surface area contributed by atoms with Crippen molar-refractivity contribution in [3.8, 4) is 0 Å². The molecule has 0 amide bonds. The van der Waals surface area contributed by atoms with E-state index in [4.69, 9.17) is 0 Å². The number of aliphatic hydroxyl groups excluding tert-OH is 1. The Bertz CT molecular complexity index is 558. The maximum absolute atomic E-state index is 10.2. The molecule has 1 aliphatic carbocycles. The van der Waals surface area contributed by atoms with Gasteiger partial charge in [-0.2, -0.15) is 5.10 Å². The van der Waals surface area contributed by atoms with Gasteiger partial charge in [-0.05, 0) is 19.8 Å². The number of hydrogen-bond acceptors (Lipinski definition) is 6. The maximum Gasteiger partial charge on any atom is 0.147 e. The molecule has 2 aromatic heterocycles. The minimum absolute atomic E-state index is 0.187. The van der Waals surface area contributed by atoms with Crippen LogP contribution in [0.4, 0.5) is 5.82 Å². The first-order chi connectivity index (χ1) is 9.74. The second-order valence-electron chi connectivity index (χ2n) is 5.24. The van der Waals surface area contributed by atoms with Crippen LogP contribution in [0.15, 0.2) is 18.7 Å². The normalized spacial score (nSPS) is 25.8. The van der Waals surface area contributed by atoms with Gasteiger partial charge in [0.2, 0.25) is 0 Å². The molecule has 2 heterocycles. The average molecular weight is 274 g/mol. The van der Waals surface area contributed by atoms with Gasteiger partial charge in [0.05, 0.1) is 11.8 Å². The third kappa shape index (κ3) is 2.62. The molecule has 3 atom stereocenters. The van der Waals surface area contributed by atoms with Crippen LogP contribution in [0.2, 0.25) is 0 Å². The topological polar surface area (TPSA) is 99.6 Å². The molecular weight excluding hydrogens is 256 g/mol. The zero-order valence-corrected chi connectivity index (χ0v) is 11.3. The lowest BCUT2D eigenvalue weighted by atomic mass is 10.0. The third-order valence-electron chi connectivity index (χ3n) is 3.89. The standard InChI is InChI=1S/C13H18N6O/c1-8-12(15-3-2-14-8)16-6-10-4-9(5-11(10)20)13-17-7-18-19-13/h2-3,7,9-11,20H,4-6H2,1H3,(H,15,16)(H,17,18,19)/t9-,10+,11+/m1/s1. The van der Waals surface area contributed by atoms with Crippen LogP contribution in [0.5, 0.6) is 0 Å². The Kier molecular flexibility index (Phi) is 3.60. The summed E-state index contributed by atoms with van der Waals surface area (Å²) in [5.41, 5.74) is 0.867. The zero-order valence-electron chi connectivity index (χ0n) is 11.3. The summed E-state index contributed by atoms with van der Waals surface area (Å²) in [4.78, 5) is 12.6. The van der Waals surface area contributed by atoms with Crippen LogP contribution in [0.3, 0.4) is 0 Å². The van der Waals surface area contributed by atoms with Crippen molar-refractivity contribution in [2.75, 3.05) is 11.9 Å². The van der Waals surface area contributed by atoms with Gasteiger partial charge in [-0.25, -0.2) is 9.97 Å². The third-order valence-corrected chi connectivity index (χ3v) is 3.89. The van der Waals surface area contributed by atoms with Crippen LogP contribution in [0.1, 0.15) is 30.3 Å². The van der Waals surface area contributed by atoms with Gasteiger partial charge in [0.1, 0.15) is 18.0 Å². The predicted octanol–water partition coefficient (Wildman–Crippen LogP) is 0.870. The van der Waals surface area contributed by atoms with E-state index in [-0.39, 0.29) is 17.9 Å².